The number of carbonyl (C=O) groups excluding carboxylic acids is 1. The third-order valence-corrected chi connectivity index (χ3v) is 3.33. The summed E-state index contributed by atoms with van der Waals surface area (Å²) in [5.41, 5.74) is 1.75. The first-order valence-corrected chi connectivity index (χ1v) is 5.98. The zero-order chi connectivity index (χ0) is 11.7. The Kier molecular flexibility index (Phi) is 2.52. The first-order valence-electron chi connectivity index (χ1n) is 5.98. The van der Waals surface area contributed by atoms with E-state index in [0.29, 0.717) is 0 Å². The topological polar surface area (TPSA) is 42.0 Å². The number of amides is 1. The molecule has 0 bridgehead atoms. The monoisotopic (exact) mass is 226 g/mol. The maximum Gasteiger partial charge on any atom is 0.227 e. The standard InChI is InChI=1S/C14H14N2O/c17-14(10-5-3-6-10)16-12-8-11-4-1-2-7-13(11)15-9-12/h1-2,4,7-10H,3,5-6H2,(H,16,17). The van der Waals surface area contributed by atoms with Crippen LogP contribution in [-0.2, 0) is 4.79 Å². The van der Waals surface area contributed by atoms with E-state index in [9.17, 15) is 4.79 Å². The molecule has 0 spiro atoms. The Morgan fingerprint density at radius 1 is 1.29 bits per heavy atom. The number of benzene rings is 1. The molecule has 86 valence electrons. The van der Waals surface area contributed by atoms with Gasteiger partial charge in [0.2, 0.25) is 5.91 Å². The second-order valence-corrected chi connectivity index (χ2v) is 4.53. The van der Waals surface area contributed by atoms with E-state index in [4.69, 9.17) is 0 Å². The van der Waals surface area contributed by atoms with Crippen LogP contribution in [0.3, 0.4) is 0 Å². The van der Waals surface area contributed by atoms with E-state index in [2.05, 4.69) is 10.3 Å². The van der Waals surface area contributed by atoms with Gasteiger partial charge in [-0.15, -0.1) is 0 Å². The molecule has 0 saturated heterocycles. The molecule has 1 N–H and O–H groups in total. The van der Waals surface area contributed by atoms with Crippen LogP contribution in [0.2, 0.25) is 0 Å². The van der Waals surface area contributed by atoms with E-state index in [1.165, 1.54) is 6.42 Å². The highest BCUT2D eigenvalue weighted by atomic mass is 16.1. The fourth-order valence-corrected chi connectivity index (χ4v) is 2.05. The highest BCUT2D eigenvalue weighted by Crippen LogP contribution is 2.27. The van der Waals surface area contributed by atoms with Crippen molar-refractivity contribution in [3.8, 4) is 0 Å². The van der Waals surface area contributed by atoms with Gasteiger partial charge in [-0.25, -0.2) is 0 Å². The lowest BCUT2D eigenvalue weighted by atomic mass is 9.85. The van der Waals surface area contributed by atoms with Gasteiger partial charge in [0.15, 0.2) is 0 Å². The molecule has 1 amide bonds. The predicted molar refractivity (Wildman–Crippen MR) is 67.7 cm³/mol. The van der Waals surface area contributed by atoms with E-state index < -0.39 is 0 Å². The predicted octanol–water partition coefficient (Wildman–Crippen LogP) is 2.97. The Balaban J connectivity index is 1.82. The normalized spacial score (nSPS) is 15.5. The summed E-state index contributed by atoms with van der Waals surface area (Å²) in [4.78, 5) is 16.1. The maximum atomic E-state index is 11.8. The van der Waals surface area contributed by atoms with Crippen LogP contribution >= 0.6 is 0 Å². The molecule has 0 aliphatic heterocycles. The number of hydrogen-bond donors (Lipinski definition) is 1. The number of fused-ring (bicyclic) bond motifs is 1. The first kappa shape index (κ1) is 10.3. The lowest BCUT2D eigenvalue weighted by Crippen LogP contribution is -2.28. The molecule has 1 aliphatic rings. The summed E-state index contributed by atoms with van der Waals surface area (Å²) in [5.74, 6) is 0.342. The molecule has 3 rings (SSSR count). The molecule has 3 nitrogen and oxygen atoms in total. The average Bonchev–Trinajstić information content (AvgIpc) is 2.26. The molecule has 1 aromatic heterocycles. The van der Waals surface area contributed by atoms with E-state index in [1.54, 1.807) is 6.20 Å². The van der Waals surface area contributed by atoms with Gasteiger partial charge in [-0.05, 0) is 25.0 Å². The summed E-state index contributed by atoms with van der Waals surface area (Å²) < 4.78 is 0. The van der Waals surface area contributed by atoms with Gasteiger partial charge in [0.25, 0.3) is 0 Å². The largest absolute Gasteiger partial charge is 0.324 e. The van der Waals surface area contributed by atoms with Crippen LogP contribution in [0.15, 0.2) is 36.5 Å². The number of para-hydroxylation sites is 1. The number of anilines is 1. The van der Waals surface area contributed by atoms with Gasteiger partial charge in [-0.3, -0.25) is 9.78 Å². The lowest BCUT2D eigenvalue weighted by molar-refractivity contribution is -0.122. The average molecular weight is 226 g/mol. The minimum Gasteiger partial charge on any atom is -0.324 e. The molecule has 2 aromatic rings. The van der Waals surface area contributed by atoms with Gasteiger partial charge in [-0.1, -0.05) is 24.6 Å². The summed E-state index contributed by atoms with van der Waals surface area (Å²) in [6.45, 7) is 0. The van der Waals surface area contributed by atoms with Gasteiger partial charge in [-0.2, -0.15) is 0 Å². The van der Waals surface area contributed by atoms with E-state index in [0.717, 1.165) is 29.4 Å². The highest BCUT2D eigenvalue weighted by molar-refractivity contribution is 5.94. The van der Waals surface area contributed by atoms with Crippen LogP contribution in [0.1, 0.15) is 19.3 Å². The maximum absolute atomic E-state index is 11.8. The zero-order valence-electron chi connectivity index (χ0n) is 9.52. The van der Waals surface area contributed by atoms with E-state index >= 15 is 0 Å². The lowest BCUT2D eigenvalue weighted by Gasteiger charge is -2.23. The molecule has 17 heavy (non-hydrogen) atoms. The van der Waals surface area contributed by atoms with Crippen molar-refractivity contribution >= 4 is 22.5 Å². The summed E-state index contributed by atoms with van der Waals surface area (Å²) in [6.07, 6.45) is 4.94. The quantitative estimate of drug-likeness (QED) is 0.855. The van der Waals surface area contributed by atoms with Crippen LogP contribution < -0.4 is 5.32 Å². The SMILES string of the molecule is O=C(Nc1cnc2ccccc2c1)C1CCC1. The molecule has 0 unspecified atom stereocenters. The van der Waals surface area contributed by atoms with Crippen molar-refractivity contribution in [1.29, 1.82) is 0 Å². The van der Waals surface area contributed by atoms with E-state index in [1.807, 2.05) is 30.3 Å². The van der Waals surface area contributed by atoms with Gasteiger partial charge >= 0.3 is 0 Å². The van der Waals surface area contributed by atoms with Crippen molar-refractivity contribution in [3.63, 3.8) is 0 Å². The third kappa shape index (κ3) is 2.00. The molecule has 1 fully saturated rings. The molecule has 1 heterocycles. The summed E-state index contributed by atoms with van der Waals surface area (Å²) in [7, 11) is 0. The molecule has 0 radical (unpaired) electrons. The smallest absolute Gasteiger partial charge is 0.227 e. The third-order valence-electron chi connectivity index (χ3n) is 3.33. The second-order valence-electron chi connectivity index (χ2n) is 4.53. The molecule has 1 saturated carbocycles. The van der Waals surface area contributed by atoms with Crippen molar-refractivity contribution in [3.05, 3.63) is 36.5 Å². The number of hydrogen-bond acceptors (Lipinski definition) is 2. The van der Waals surface area contributed by atoms with Gasteiger partial charge in [0.1, 0.15) is 0 Å². The molecule has 3 heteroatoms. The summed E-state index contributed by atoms with van der Waals surface area (Å²) in [5, 5.41) is 3.99. The van der Waals surface area contributed by atoms with Crippen LogP contribution in [0.25, 0.3) is 10.9 Å². The second kappa shape index (κ2) is 4.17. The van der Waals surface area contributed by atoms with Crippen LogP contribution in [0.4, 0.5) is 5.69 Å². The fraction of sp³-hybridized carbons (Fsp3) is 0.286. The van der Waals surface area contributed by atoms with Gasteiger partial charge in [0.05, 0.1) is 17.4 Å². The number of pyridine rings is 1. The van der Waals surface area contributed by atoms with Crippen molar-refractivity contribution < 1.29 is 4.79 Å². The highest BCUT2D eigenvalue weighted by Gasteiger charge is 2.25. The van der Waals surface area contributed by atoms with Crippen LogP contribution in [0, 0.1) is 5.92 Å². The molecule has 1 aliphatic carbocycles. The van der Waals surface area contributed by atoms with Gasteiger partial charge < -0.3 is 5.32 Å². The van der Waals surface area contributed by atoms with Crippen molar-refractivity contribution in [1.82, 2.24) is 4.98 Å². The molecular formula is C14H14N2O. The first-order chi connectivity index (χ1) is 8.33. The number of aromatic nitrogens is 1. The Morgan fingerprint density at radius 3 is 2.88 bits per heavy atom. The van der Waals surface area contributed by atoms with Gasteiger partial charge in [0, 0.05) is 11.3 Å². The van der Waals surface area contributed by atoms with Crippen molar-refractivity contribution in [2.45, 2.75) is 19.3 Å². The van der Waals surface area contributed by atoms with Crippen molar-refractivity contribution in [2.75, 3.05) is 5.32 Å². The zero-order valence-corrected chi connectivity index (χ0v) is 9.52. The Hall–Kier alpha value is -1.90. The molecule has 0 atom stereocenters. The minimum absolute atomic E-state index is 0.133. The van der Waals surface area contributed by atoms with Crippen LogP contribution in [-0.4, -0.2) is 10.9 Å². The molecule has 1 aromatic carbocycles. The van der Waals surface area contributed by atoms with E-state index in [-0.39, 0.29) is 11.8 Å². The van der Waals surface area contributed by atoms with Crippen LogP contribution in [0.5, 0.6) is 0 Å². The number of nitrogens with zero attached hydrogens (tertiary/aromatic N) is 1. The number of nitrogens with one attached hydrogen (secondary N) is 1. The number of carbonyl (C=O) groups is 1. The van der Waals surface area contributed by atoms with Crippen molar-refractivity contribution in [2.24, 2.45) is 5.92 Å². The summed E-state index contributed by atoms with van der Waals surface area (Å²) >= 11 is 0. The Morgan fingerprint density at radius 2 is 2.12 bits per heavy atom. The minimum atomic E-state index is 0.133. The number of rotatable bonds is 2. The molecular weight excluding hydrogens is 212 g/mol. The summed E-state index contributed by atoms with van der Waals surface area (Å²) in [6, 6.07) is 9.87. The Bertz CT molecular complexity index is 561. The fourth-order valence-electron chi connectivity index (χ4n) is 2.05. The Labute approximate surface area is 99.9 Å².